The summed E-state index contributed by atoms with van der Waals surface area (Å²) in [5.74, 6) is -0.334. The normalized spacial score (nSPS) is 20.8. The third-order valence-corrected chi connectivity index (χ3v) is 8.25. The summed E-state index contributed by atoms with van der Waals surface area (Å²) in [5.41, 5.74) is 2.92. The third-order valence-electron chi connectivity index (χ3n) is 8.25. The minimum absolute atomic E-state index is 0.289. The SMILES string of the molecule is COc1ccc([C@@H]2CC(c3cccc4ccccc34)=NN2C(=O)CN2N=N[C@H]3C(=O)N(c4ccccc4OC)C(=O)[C@H]32)cc1. The average molecular weight is 589 g/mol. The van der Waals surface area contributed by atoms with Crippen molar-refractivity contribution in [1.29, 1.82) is 0 Å². The third kappa shape index (κ3) is 4.44. The van der Waals surface area contributed by atoms with Gasteiger partial charge in [0.2, 0.25) is 0 Å². The molecule has 0 N–H and O–H groups in total. The highest BCUT2D eigenvalue weighted by Crippen LogP contribution is 2.38. The Morgan fingerprint density at radius 3 is 2.41 bits per heavy atom. The van der Waals surface area contributed by atoms with E-state index in [1.54, 1.807) is 31.4 Å². The van der Waals surface area contributed by atoms with Crippen molar-refractivity contribution < 1.29 is 23.9 Å². The molecular formula is C33H28N6O5. The van der Waals surface area contributed by atoms with Crippen molar-refractivity contribution in [3.05, 3.63) is 102 Å². The van der Waals surface area contributed by atoms with Crippen LogP contribution in [0, 0.1) is 0 Å². The number of carbonyl (C=O) groups is 3. The first-order valence-corrected chi connectivity index (χ1v) is 14.2. The number of benzene rings is 4. The molecule has 3 aliphatic heterocycles. The number of carbonyl (C=O) groups excluding carboxylic acids is 3. The molecule has 1 saturated heterocycles. The van der Waals surface area contributed by atoms with Crippen molar-refractivity contribution >= 4 is 39.9 Å². The number of para-hydroxylation sites is 2. The van der Waals surface area contributed by atoms with Crippen molar-refractivity contribution in [3.8, 4) is 11.5 Å². The van der Waals surface area contributed by atoms with Gasteiger partial charge in [-0.3, -0.25) is 19.4 Å². The summed E-state index contributed by atoms with van der Waals surface area (Å²) in [5, 5.41) is 17.9. The van der Waals surface area contributed by atoms with E-state index in [2.05, 4.69) is 10.3 Å². The van der Waals surface area contributed by atoms with E-state index in [1.165, 1.54) is 17.1 Å². The number of hydrogen-bond donors (Lipinski definition) is 0. The van der Waals surface area contributed by atoms with Crippen LogP contribution in [-0.4, -0.2) is 66.3 Å². The van der Waals surface area contributed by atoms with Crippen LogP contribution in [0.15, 0.2) is 106 Å². The number of imide groups is 1. The number of nitrogens with zero attached hydrogens (tertiary/aromatic N) is 6. The van der Waals surface area contributed by atoms with Crippen LogP contribution in [0.2, 0.25) is 0 Å². The van der Waals surface area contributed by atoms with Crippen molar-refractivity contribution in [3.63, 3.8) is 0 Å². The summed E-state index contributed by atoms with van der Waals surface area (Å²) in [7, 11) is 3.07. The van der Waals surface area contributed by atoms with E-state index in [1.807, 2.05) is 66.7 Å². The molecular weight excluding hydrogens is 560 g/mol. The fraction of sp³-hybridized carbons (Fsp3) is 0.212. The van der Waals surface area contributed by atoms with E-state index in [9.17, 15) is 14.4 Å². The predicted octanol–water partition coefficient (Wildman–Crippen LogP) is 4.53. The predicted molar refractivity (Wildman–Crippen MR) is 162 cm³/mol. The van der Waals surface area contributed by atoms with E-state index in [-0.39, 0.29) is 12.5 Å². The van der Waals surface area contributed by atoms with Gasteiger partial charge in [-0.15, -0.1) is 0 Å². The maximum atomic E-state index is 14.0. The van der Waals surface area contributed by atoms with Crippen LogP contribution in [0.25, 0.3) is 10.8 Å². The van der Waals surface area contributed by atoms with Gasteiger partial charge >= 0.3 is 0 Å². The van der Waals surface area contributed by atoms with Crippen LogP contribution in [0.1, 0.15) is 23.6 Å². The van der Waals surface area contributed by atoms with Crippen LogP contribution < -0.4 is 14.4 Å². The zero-order valence-electron chi connectivity index (χ0n) is 24.0. The molecule has 3 amide bonds. The van der Waals surface area contributed by atoms with Gasteiger partial charge in [-0.05, 0) is 40.6 Å². The van der Waals surface area contributed by atoms with E-state index in [4.69, 9.17) is 14.6 Å². The molecule has 0 saturated carbocycles. The molecule has 0 spiro atoms. The lowest BCUT2D eigenvalue weighted by molar-refractivity contribution is -0.135. The molecule has 3 heterocycles. The first-order chi connectivity index (χ1) is 21.5. The second-order valence-corrected chi connectivity index (χ2v) is 10.7. The fourth-order valence-electron chi connectivity index (χ4n) is 6.08. The molecule has 0 aliphatic carbocycles. The van der Waals surface area contributed by atoms with E-state index >= 15 is 0 Å². The molecule has 7 rings (SSSR count). The molecule has 44 heavy (non-hydrogen) atoms. The van der Waals surface area contributed by atoms with Gasteiger partial charge < -0.3 is 9.47 Å². The lowest BCUT2D eigenvalue weighted by Crippen LogP contribution is -2.44. The highest BCUT2D eigenvalue weighted by atomic mass is 16.5. The highest BCUT2D eigenvalue weighted by molar-refractivity contribution is 6.26. The number of methoxy groups -OCH3 is 2. The summed E-state index contributed by atoms with van der Waals surface area (Å²) in [4.78, 5) is 42.0. The van der Waals surface area contributed by atoms with Crippen LogP contribution >= 0.6 is 0 Å². The molecule has 0 radical (unpaired) electrons. The Hall–Kier alpha value is -5.58. The molecule has 11 heteroatoms. The van der Waals surface area contributed by atoms with Crippen molar-refractivity contribution in [2.24, 2.45) is 15.4 Å². The van der Waals surface area contributed by atoms with Gasteiger partial charge in [0, 0.05) is 12.0 Å². The minimum Gasteiger partial charge on any atom is -0.497 e. The molecule has 0 bridgehead atoms. The van der Waals surface area contributed by atoms with Gasteiger partial charge in [0.05, 0.1) is 31.7 Å². The summed E-state index contributed by atoms with van der Waals surface area (Å²) in [6.07, 6.45) is 0.485. The average Bonchev–Trinajstić information content (AvgIpc) is 3.76. The molecule has 4 aromatic carbocycles. The van der Waals surface area contributed by atoms with Gasteiger partial charge in [-0.2, -0.15) is 10.2 Å². The zero-order chi connectivity index (χ0) is 30.4. The number of fused-ring (bicyclic) bond motifs is 2. The van der Waals surface area contributed by atoms with Crippen LogP contribution in [0.4, 0.5) is 5.69 Å². The lowest BCUT2D eigenvalue weighted by atomic mass is 9.95. The molecule has 0 aromatic heterocycles. The van der Waals surface area contributed by atoms with Gasteiger partial charge in [-0.1, -0.05) is 72.0 Å². The van der Waals surface area contributed by atoms with Gasteiger partial charge in [0.25, 0.3) is 17.7 Å². The summed E-state index contributed by atoms with van der Waals surface area (Å²) in [6.45, 7) is -0.289. The van der Waals surface area contributed by atoms with E-state index < -0.39 is 29.9 Å². The van der Waals surface area contributed by atoms with Crippen LogP contribution in [0.3, 0.4) is 0 Å². The van der Waals surface area contributed by atoms with Crippen LogP contribution in [0.5, 0.6) is 11.5 Å². The first kappa shape index (κ1) is 27.3. The Labute approximate surface area is 252 Å². The Balaban J connectivity index is 1.19. The Morgan fingerprint density at radius 1 is 0.864 bits per heavy atom. The number of ether oxygens (including phenoxy) is 2. The maximum Gasteiger partial charge on any atom is 0.264 e. The van der Waals surface area contributed by atoms with E-state index in [0.717, 1.165) is 32.5 Å². The molecule has 11 nitrogen and oxygen atoms in total. The topological polar surface area (TPSA) is 116 Å². The Kier molecular flexibility index (Phi) is 6.77. The van der Waals surface area contributed by atoms with Crippen LogP contribution in [-0.2, 0) is 14.4 Å². The van der Waals surface area contributed by atoms with Gasteiger partial charge in [0.15, 0.2) is 12.1 Å². The molecule has 3 atom stereocenters. The standard InChI is InChI=1S/C33H28N6O5/c1-43-22-16-14-21(15-17-22)27-18-25(24-11-7-9-20-8-3-4-10-23(20)24)35-39(27)29(40)19-37-31-30(34-36-37)32(41)38(33(31)42)26-12-5-6-13-28(26)44-2/h3-17,27,30-31H,18-19H2,1-2H3/t27-,30+,31-/m0/s1. The highest BCUT2D eigenvalue weighted by Gasteiger charge is 2.56. The summed E-state index contributed by atoms with van der Waals surface area (Å²) in [6, 6.07) is 25.9. The zero-order valence-corrected chi connectivity index (χ0v) is 24.0. The lowest BCUT2D eigenvalue weighted by Gasteiger charge is -2.25. The minimum atomic E-state index is -1.05. The largest absolute Gasteiger partial charge is 0.497 e. The van der Waals surface area contributed by atoms with E-state index in [0.29, 0.717) is 23.6 Å². The quantitative estimate of drug-likeness (QED) is 0.293. The molecule has 220 valence electrons. The Bertz CT molecular complexity index is 1850. The van der Waals surface area contributed by atoms with Gasteiger partial charge in [-0.25, -0.2) is 9.91 Å². The first-order valence-electron chi connectivity index (χ1n) is 14.2. The smallest absolute Gasteiger partial charge is 0.264 e. The fourth-order valence-corrected chi connectivity index (χ4v) is 6.08. The number of anilines is 1. The second-order valence-electron chi connectivity index (χ2n) is 10.7. The van der Waals surface area contributed by atoms with Crippen molar-refractivity contribution in [2.45, 2.75) is 24.5 Å². The second kappa shape index (κ2) is 10.9. The number of hydrazone groups is 1. The monoisotopic (exact) mass is 588 g/mol. The molecule has 0 unspecified atom stereocenters. The Morgan fingerprint density at radius 2 is 1.61 bits per heavy atom. The summed E-state index contributed by atoms with van der Waals surface area (Å²) < 4.78 is 10.7. The summed E-state index contributed by atoms with van der Waals surface area (Å²) >= 11 is 0. The van der Waals surface area contributed by atoms with Crippen molar-refractivity contribution in [1.82, 2.24) is 10.0 Å². The van der Waals surface area contributed by atoms with Crippen molar-refractivity contribution in [2.75, 3.05) is 25.7 Å². The molecule has 4 aromatic rings. The van der Waals surface area contributed by atoms with Gasteiger partial charge in [0.1, 0.15) is 18.0 Å². The molecule has 1 fully saturated rings. The number of hydrogen-bond acceptors (Lipinski definition) is 9. The number of rotatable bonds is 7. The number of amides is 3. The molecule has 3 aliphatic rings. The maximum absolute atomic E-state index is 14.0.